The monoisotopic (exact) mass is 1060 g/mol. The molecule has 12 rings (SSSR count). The van der Waals surface area contributed by atoms with Gasteiger partial charge in [0.15, 0.2) is 0 Å². The van der Waals surface area contributed by atoms with E-state index in [0.29, 0.717) is 11.8 Å². The second-order valence-electron chi connectivity index (χ2n) is 29.6. The quantitative estimate of drug-likeness (QED) is 0.147. The Labute approximate surface area is 479 Å². The SMILES string of the molecule is CC(C)c1ccc(N(c2ccc(C(C)C)cc2)c2cc3c4c(c2)N(c2ccc(C(C)(C)C)cc2)c2c(sc5cc6c(cc25)C(C)(C)CCC6(C)C)B4c2cc4c(cc2N3c2ccc(C(C)(C)C)cc2)C(C)(C)CCC4(C)C)cc1. The van der Waals surface area contributed by atoms with E-state index in [-0.39, 0.29) is 39.2 Å². The maximum Gasteiger partial charge on any atom is 0.264 e. The molecule has 0 N–H and O–H groups in total. The third-order valence-electron chi connectivity index (χ3n) is 19.5. The van der Waals surface area contributed by atoms with Crippen LogP contribution in [-0.4, -0.2) is 6.71 Å². The number of fused-ring (bicyclic) bond motifs is 8. The highest BCUT2D eigenvalue weighted by Gasteiger charge is 2.49. The summed E-state index contributed by atoms with van der Waals surface area (Å²) >= 11 is 2.06. The molecule has 406 valence electrons. The fourth-order valence-corrected chi connectivity index (χ4v) is 15.3. The van der Waals surface area contributed by atoms with Gasteiger partial charge in [-0.2, -0.15) is 0 Å². The molecular weight excluding hydrogens is 974 g/mol. The summed E-state index contributed by atoms with van der Waals surface area (Å²) in [5.41, 5.74) is 25.3. The maximum atomic E-state index is 2.71. The van der Waals surface area contributed by atoms with Crippen LogP contribution in [0.25, 0.3) is 10.1 Å². The standard InChI is InChI=1S/C74H86BN3S/c1-45(2)47-19-27-51(28-20-47)76(52-29-21-48(22-30-52)46(3)4)55-39-63-66-64(40-55)78(54-33-25-50(26-34-54)70(8,9)10)67-56-41-57-60(74(17,18)38-35-71(57,11)12)44-65(56)79-68(67)75(66)61-42-58-59(73(15,16)37-36-72(58,13)14)43-62(61)77(63)53-31-23-49(24-32-53)69(5,6)7/h19-34,39-46H,35-38H2,1-18H3. The Balaban J connectivity index is 1.25. The van der Waals surface area contributed by atoms with E-state index in [1.165, 1.54) is 117 Å². The van der Waals surface area contributed by atoms with Gasteiger partial charge in [-0.1, -0.05) is 179 Å². The van der Waals surface area contributed by atoms with Crippen LogP contribution in [0.4, 0.5) is 51.2 Å². The molecule has 0 atom stereocenters. The van der Waals surface area contributed by atoms with Crippen LogP contribution in [-0.2, 0) is 32.5 Å². The first-order chi connectivity index (χ1) is 37.0. The number of thiophene rings is 1. The minimum absolute atomic E-state index is 0.00720. The van der Waals surface area contributed by atoms with Gasteiger partial charge in [0.05, 0.1) is 11.4 Å². The van der Waals surface area contributed by atoms with Crippen LogP contribution >= 0.6 is 11.3 Å². The van der Waals surface area contributed by atoms with Gasteiger partial charge in [0.25, 0.3) is 6.71 Å². The average Bonchev–Trinajstić information content (AvgIpc) is 3.07. The molecule has 79 heavy (non-hydrogen) atoms. The van der Waals surface area contributed by atoms with Gasteiger partial charge in [-0.15, -0.1) is 11.3 Å². The van der Waals surface area contributed by atoms with E-state index in [2.05, 4.69) is 284 Å². The smallest absolute Gasteiger partial charge is 0.264 e. The third-order valence-corrected chi connectivity index (χ3v) is 20.7. The van der Waals surface area contributed by atoms with Gasteiger partial charge >= 0.3 is 0 Å². The molecule has 7 aromatic carbocycles. The molecule has 1 aromatic heterocycles. The normalized spacial score (nSPS) is 17.6. The Morgan fingerprint density at radius 1 is 0.456 bits per heavy atom. The van der Waals surface area contributed by atoms with Crippen molar-refractivity contribution < 1.29 is 0 Å². The molecule has 5 heteroatoms. The second-order valence-corrected chi connectivity index (χ2v) is 30.7. The number of rotatable bonds is 7. The van der Waals surface area contributed by atoms with Gasteiger partial charge < -0.3 is 14.7 Å². The molecule has 0 saturated carbocycles. The number of hydrogen-bond donors (Lipinski definition) is 0. The highest BCUT2D eigenvalue weighted by Crippen LogP contribution is 2.56. The zero-order chi connectivity index (χ0) is 56.3. The summed E-state index contributed by atoms with van der Waals surface area (Å²) in [4.78, 5) is 7.94. The van der Waals surface area contributed by atoms with Crippen LogP contribution < -0.4 is 30.4 Å². The Morgan fingerprint density at radius 3 is 1.30 bits per heavy atom. The molecule has 0 radical (unpaired) electrons. The van der Waals surface area contributed by atoms with Crippen LogP contribution in [0.5, 0.6) is 0 Å². The Bertz CT molecular complexity index is 3630. The summed E-state index contributed by atoms with van der Waals surface area (Å²) in [6.07, 6.45) is 4.67. The van der Waals surface area contributed by atoms with Gasteiger partial charge in [-0.3, -0.25) is 0 Å². The first-order valence-electron chi connectivity index (χ1n) is 29.8. The number of anilines is 9. The third kappa shape index (κ3) is 8.81. The molecule has 0 spiro atoms. The molecule has 2 aliphatic heterocycles. The molecule has 8 aromatic rings. The first kappa shape index (κ1) is 53.6. The molecule has 0 unspecified atom stereocenters. The average molecular weight is 1060 g/mol. The summed E-state index contributed by atoms with van der Waals surface area (Å²) < 4.78 is 2.83. The zero-order valence-electron chi connectivity index (χ0n) is 51.0. The van der Waals surface area contributed by atoms with Crippen LogP contribution in [0.1, 0.15) is 207 Å². The lowest BCUT2D eigenvalue weighted by Gasteiger charge is -2.47. The topological polar surface area (TPSA) is 9.72 Å². The molecule has 0 saturated heterocycles. The van der Waals surface area contributed by atoms with Crippen molar-refractivity contribution in [3.63, 3.8) is 0 Å². The van der Waals surface area contributed by atoms with E-state index in [9.17, 15) is 0 Å². The van der Waals surface area contributed by atoms with E-state index < -0.39 is 0 Å². The van der Waals surface area contributed by atoms with Crippen molar-refractivity contribution in [2.75, 3.05) is 14.7 Å². The predicted molar refractivity (Wildman–Crippen MR) is 347 cm³/mol. The Hall–Kier alpha value is -6.04. The molecule has 4 aliphatic rings. The van der Waals surface area contributed by atoms with Gasteiger partial charge in [0.1, 0.15) is 0 Å². The van der Waals surface area contributed by atoms with Crippen molar-refractivity contribution in [3.05, 3.63) is 178 Å². The number of nitrogens with zero attached hydrogens (tertiary/aromatic N) is 3. The molecular formula is C74H86BN3S. The van der Waals surface area contributed by atoms with E-state index in [1.54, 1.807) is 0 Å². The molecule has 3 nitrogen and oxygen atoms in total. The molecule has 0 amide bonds. The Kier molecular flexibility index (Phi) is 12.4. The second kappa shape index (κ2) is 18.2. The minimum Gasteiger partial charge on any atom is -0.311 e. The largest absolute Gasteiger partial charge is 0.311 e. The highest BCUT2D eigenvalue weighted by molar-refractivity contribution is 7.33. The highest BCUT2D eigenvalue weighted by atomic mass is 32.1. The fraction of sp³-hybridized carbons (Fsp3) is 0.405. The van der Waals surface area contributed by atoms with Crippen molar-refractivity contribution >= 4 is 95.0 Å². The van der Waals surface area contributed by atoms with E-state index in [4.69, 9.17) is 0 Å². The van der Waals surface area contributed by atoms with Gasteiger partial charge in [0, 0.05) is 54.7 Å². The lowest BCUT2D eigenvalue weighted by atomic mass is 9.35. The summed E-state index contributed by atoms with van der Waals surface area (Å²) in [6.45, 7) is 43.1. The van der Waals surface area contributed by atoms with Crippen molar-refractivity contribution in [2.45, 2.75) is 195 Å². The summed E-state index contributed by atoms with van der Waals surface area (Å²) in [5, 5.41) is 1.37. The number of benzene rings is 7. The lowest BCUT2D eigenvalue weighted by molar-refractivity contribution is 0.332. The predicted octanol–water partition coefficient (Wildman–Crippen LogP) is 20.0. The van der Waals surface area contributed by atoms with Crippen LogP contribution in [0, 0.1) is 0 Å². The maximum absolute atomic E-state index is 2.71. The van der Waals surface area contributed by atoms with Gasteiger partial charge in [0.2, 0.25) is 0 Å². The summed E-state index contributed by atoms with van der Waals surface area (Å²) in [5.74, 6) is 0.848. The molecule has 3 heterocycles. The lowest BCUT2D eigenvalue weighted by Crippen LogP contribution is -2.61. The zero-order valence-corrected chi connectivity index (χ0v) is 51.8. The van der Waals surface area contributed by atoms with Crippen molar-refractivity contribution in [2.24, 2.45) is 0 Å². The minimum atomic E-state index is -0.00932. The van der Waals surface area contributed by atoms with Gasteiger partial charge in [-0.25, -0.2) is 0 Å². The van der Waals surface area contributed by atoms with Gasteiger partial charge in [-0.05, 0) is 204 Å². The van der Waals surface area contributed by atoms with Crippen LogP contribution in [0.3, 0.4) is 0 Å². The van der Waals surface area contributed by atoms with Crippen molar-refractivity contribution in [1.82, 2.24) is 0 Å². The summed E-state index contributed by atoms with van der Waals surface area (Å²) in [7, 11) is 0. The van der Waals surface area contributed by atoms with Crippen LogP contribution in [0.2, 0.25) is 0 Å². The van der Waals surface area contributed by atoms with E-state index in [0.717, 1.165) is 29.9 Å². The number of hydrogen-bond acceptors (Lipinski definition) is 4. The first-order valence-corrected chi connectivity index (χ1v) is 30.7. The fourth-order valence-electron chi connectivity index (χ4n) is 13.9. The van der Waals surface area contributed by atoms with Crippen LogP contribution in [0.15, 0.2) is 133 Å². The Morgan fingerprint density at radius 2 is 0.861 bits per heavy atom. The van der Waals surface area contributed by atoms with Crippen molar-refractivity contribution in [3.8, 4) is 0 Å². The molecule has 0 fully saturated rings. The van der Waals surface area contributed by atoms with E-state index in [1.807, 2.05) is 0 Å². The van der Waals surface area contributed by atoms with E-state index >= 15 is 0 Å². The molecule has 0 bridgehead atoms. The summed E-state index contributed by atoms with van der Waals surface area (Å²) in [6, 6.07) is 53.9. The molecule has 2 aliphatic carbocycles. The van der Waals surface area contributed by atoms with Crippen molar-refractivity contribution in [1.29, 1.82) is 0 Å².